The summed E-state index contributed by atoms with van der Waals surface area (Å²) in [6.07, 6.45) is 7.86. The van der Waals surface area contributed by atoms with Crippen molar-refractivity contribution in [3.05, 3.63) is 71.8 Å². The summed E-state index contributed by atoms with van der Waals surface area (Å²) in [5, 5.41) is 0. The van der Waals surface area contributed by atoms with Gasteiger partial charge in [-0.25, -0.2) is 0 Å². The minimum absolute atomic E-state index is 0.369. The molecule has 0 amide bonds. The molecule has 0 aliphatic carbocycles. The van der Waals surface area contributed by atoms with E-state index in [2.05, 4.69) is 218 Å². The molecule has 0 spiro atoms. The molecule has 7 rings (SSSR count). The molecule has 0 N–H and O–H groups in total. The molecule has 0 radical (unpaired) electrons. The highest BCUT2D eigenvalue weighted by Gasteiger charge is 2.30. The second-order valence-corrected chi connectivity index (χ2v) is 24.5. The van der Waals surface area contributed by atoms with Crippen LogP contribution < -0.4 is 0 Å². The highest BCUT2D eigenvalue weighted by Crippen LogP contribution is 2.28. The lowest BCUT2D eigenvalue weighted by Crippen LogP contribution is -2.48. The number of likely N-dealkylation sites (tertiary alicyclic amines) is 5. The minimum atomic E-state index is 0.369. The maximum absolute atomic E-state index is 9.50. The van der Waals surface area contributed by atoms with E-state index in [1.165, 1.54) is 102 Å². The van der Waals surface area contributed by atoms with Crippen LogP contribution in [0.25, 0.3) is 0 Å². The Labute approximate surface area is 426 Å². The van der Waals surface area contributed by atoms with Crippen molar-refractivity contribution in [2.24, 2.45) is 41.4 Å². The Balaban J connectivity index is 0.000000769. The lowest BCUT2D eigenvalue weighted by molar-refractivity contribution is 0.0584. The highest BCUT2D eigenvalue weighted by atomic mass is 19.1. The van der Waals surface area contributed by atoms with Gasteiger partial charge in [-0.2, -0.15) is 0 Å². The van der Waals surface area contributed by atoms with Crippen molar-refractivity contribution in [1.82, 2.24) is 24.5 Å². The molecular formula is C62H118FN5. The predicted octanol–water partition coefficient (Wildman–Crippen LogP) is 15.4. The van der Waals surface area contributed by atoms with Crippen LogP contribution in [0, 0.1) is 41.4 Å². The fourth-order valence-corrected chi connectivity index (χ4v) is 9.30. The van der Waals surface area contributed by atoms with Crippen LogP contribution >= 0.6 is 0 Å². The summed E-state index contributed by atoms with van der Waals surface area (Å²) >= 11 is 0. The SMILES string of the molecule is CC1CCCN(C(C)(C)C)C1.CC1CCN(C(C)(C)C)CC1C.CC1CCN(C(C)C)C1.CC1CN(C(C)C)C1.CC1CN(C(C)C)CC1C.CCc1ccccc1.CCc1ccccc1.CF. The number of halogens is 1. The first-order chi connectivity index (χ1) is 31.8. The largest absolute Gasteiger partial charge is 0.301 e. The monoisotopic (exact) mass is 952 g/mol. The van der Waals surface area contributed by atoms with E-state index >= 15 is 0 Å². The summed E-state index contributed by atoms with van der Waals surface area (Å²) in [7, 11) is 0.500. The first kappa shape index (κ1) is 66.2. The second-order valence-electron chi connectivity index (χ2n) is 24.5. The fourth-order valence-electron chi connectivity index (χ4n) is 9.30. The van der Waals surface area contributed by atoms with E-state index in [0.29, 0.717) is 18.3 Å². The van der Waals surface area contributed by atoms with Crippen LogP contribution in [-0.4, -0.2) is 126 Å². The molecule has 0 bridgehead atoms. The van der Waals surface area contributed by atoms with E-state index in [-0.39, 0.29) is 0 Å². The van der Waals surface area contributed by atoms with Crippen LogP contribution in [0.2, 0.25) is 0 Å². The molecule has 5 aliphatic rings. The first-order valence-corrected chi connectivity index (χ1v) is 28.0. The van der Waals surface area contributed by atoms with Gasteiger partial charge in [0.25, 0.3) is 0 Å². The summed E-state index contributed by atoms with van der Waals surface area (Å²) < 4.78 is 9.50. The zero-order valence-electron chi connectivity index (χ0n) is 49.5. The van der Waals surface area contributed by atoms with Gasteiger partial charge >= 0.3 is 0 Å². The van der Waals surface area contributed by atoms with Gasteiger partial charge in [0.1, 0.15) is 0 Å². The number of benzene rings is 2. The zero-order valence-corrected chi connectivity index (χ0v) is 49.5. The Bertz CT molecular complexity index is 1400. The van der Waals surface area contributed by atoms with Crippen LogP contribution in [0.15, 0.2) is 60.7 Å². The third-order valence-corrected chi connectivity index (χ3v) is 15.1. The Hall–Kier alpha value is -1.83. The van der Waals surface area contributed by atoms with Crippen LogP contribution in [0.1, 0.15) is 182 Å². The van der Waals surface area contributed by atoms with Crippen LogP contribution in [0.4, 0.5) is 4.39 Å². The van der Waals surface area contributed by atoms with E-state index in [1.54, 1.807) is 0 Å². The van der Waals surface area contributed by atoms with Crippen molar-refractivity contribution < 1.29 is 4.39 Å². The quantitative estimate of drug-likeness (QED) is 0.296. The molecular weight excluding hydrogens is 834 g/mol. The molecule has 68 heavy (non-hydrogen) atoms. The maximum Gasteiger partial charge on any atom is 0.0785 e. The van der Waals surface area contributed by atoms with Gasteiger partial charge in [-0.05, 0) is 194 Å². The molecule has 5 nitrogen and oxygen atoms in total. The first-order valence-electron chi connectivity index (χ1n) is 28.0. The van der Waals surface area contributed by atoms with E-state index < -0.39 is 0 Å². The van der Waals surface area contributed by atoms with E-state index in [1.807, 2.05) is 12.1 Å². The van der Waals surface area contributed by atoms with Crippen LogP contribution in [0.3, 0.4) is 0 Å². The third kappa shape index (κ3) is 28.9. The lowest BCUT2D eigenvalue weighted by atomic mass is 9.86. The summed E-state index contributed by atoms with van der Waals surface area (Å²) in [6, 6.07) is 23.2. The highest BCUT2D eigenvalue weighted by molar-refractivity contribution is 5.14. The van der Waals surface area contributed by atoms with Crippen molar-refractivity contribution in [2.45, 2.75) is 213 Å². The number of aryl methyl sites for hydroxylation is 2. The normalized spacial score (nSPS) is 24.9. The van der Waals surface area contributed by atoms with Gasteiger partial charge in [-0.15, -0.1) is 0 Å². The summed E-state index contributed by atoms with van der Waals surface area (Å²) in [5.74, 6) is 6.40. The predicted molar refractivity (Wildman–Crippen MR) is 304 cm³/mol. The molecule has 5 heterocycles. The van der Waals surface area contributed by atoms with Crippen molar-refractivity contribution in [2.75, 3.05) is 72.6 Å². The molecule has 0 aromatic heterocycles. The Morgan fingerprint density at radius 2 is 0.794 bits per heavy atom. The Morgan fingerprint density at radius 1 is 0.426 bits per heavy atom. The topological polar surface area (TPSA) is 16.2 Å². The molecule has 2 aromatic rings. The average Bonchev–Trinajstić information content (AvgIpc) is 3.89. The van der Waals surface area contributed by atoms with E-state index in [0.717, 1.165) is 72.4 Å². The van der Waals surface area contributed by atoms with Gasteiger partial charge in [-0.1, -0.05) is 123 Å². The summed E-state index contributed by atoms with van der Waals surface area (Å²) in [4.78, 5) is 12.8. The summed E-state index contributed by atoms with van der Waals surface area (Å²) in [6.45, 7) is 61.3. The minimum Gasteiger partial charge on any atom is -0.301 e. The van der Waals surface area contributed by atoms with Gasteiger partial charge in [0, 0.05) is 75.0 Å². The van der Waals surface area contributed by atoms with Gasteiger partial charge in [0.05, 0.1) is 7.18 Å². The smallest absolute Gasteiger partial charge is 0.0785 e. The van der Waals surface area contributed by atoms with Crippen molar-refractivity contribution in [1.29, 1.82) is 0 Å². The number of alkyl halides is 1. The van der Waals surface area contributed by atoms with Crippen molar-refractivity contribution in [3.63, 3.8) is 0 Å². The number of hydrogen-bond acceptors (Lipinski definition) is 5. The molecule has 5 fully saturated rings. The number of hydrogen-bond donors (Lipinski definition) is 0. The lowest BCUT2D eigenvalue weighted by Gasteiger charge is -2.43. The molecule has 2 aromatic carbocycles. The third-order valence-electron chi connectivity index (χ3n) is 15.1. The number of piperidine rings is 2. The van der Waals surface area contributed by atoms with E-state index in [4.69, 9.17) is 0 Å². The molecule has 5 saturated heterocycles. The van der Waals surface area contributed by atoms with Crippen LogP contribution in [0.5, 0.6) is 0 Å². The van der Waals surface area contributed by atoms with Crippen molar-refractivity contribution in [3.8, 4) is 0 Å². The molecule has 5 aliphatic heterocycles. The zero-order chi connectivity index (χ0) is 52.2. The number of rotatable bonds is 5. The van der Waals surface area contributed by atoms with Gasteiger partial charge in [0.2, 0.25) is 0 Å². The molecule has 6 atom stereocenters. The Morgan fingerprint density at radius 3 is 1.04 bits per heavy atom. The van der Waals surface area contributed by atoms with Crippen molar-refractivity contribution >= 4 is 0 Å². The maximum atomic E-state index is 9.50. The van der Waals surface area contributed by atoms with Gasteiger partial charge < -0.3 is 14.7 Å². The Kier molecular flexibility index (Phi) is 34.4. The van der Waals surface area contributed by atoms with Gasteiger partial charge in [-0.3, -0.25) is 14.2 Å². The molecule has 6 heteroatoms. The van der Waals surface area contributed by atoms with Gasteiger partial charge in [0.15, 0.2) is 0 Å². The molecule has 398 valence electrons. The van der Waals surface area contributed by atoms with E-state index in [9.17, 15) is 4.39 Å². The summed E-state index contributed by atoms with van der Waals surface area (Å²) in [5.41, 5.74) is 3.57. The average molecular weight is 953 g/mol. The molecule has 0 saturated carbocycles. The van der Waals surface area contributed by atoms with Crippen LogP contribution in [-0.2, 0) is 12.8 Å². The number of nitrogens with zero attached hydrogens (tertiary/aromatic N) is 5. The second kappa shape index (κ2) is 35.3. The fraction of sp³-hybridized carbons (Fsp3) is 0.806. The molecule has 6 unspecified atom stereocenters. The standard InChI is InChI=1S/C11H23N.C10H21N.C9H19N.C8H17N.2C8H10.C7H15N.CH3F/c1-9-6-7-12(8-10(9)2)11(3,4)5;1-9-6-5-7-11(8-9)10(2,3)4;1-7(2)10-5-8(3)9(4)6-10;1-7(2)9-5-4-8(3)6-9;2*1-2-8-6-4-3-5-7-8;1-6(2)8-4-7(3)5-8;1-2/h9-10H,6-8H2,1-5H3;9H,5-8H2,1-4H3;7-9H,5-6H2,1-4H3;7-8H,4-6H2,1-3H3;2*3-7H,2H2,1H3;6-7H,4-5H2,1-3H3;1H3.